The third kappa shape index (κ3) is 4.63. The van der Waals surface area contributed by atoms with E-state index in [0.717, 1.165) is 12.0 Å². The van der Waals surface area contributed by atoms with Crippen molar-refractivity contribution in [2.45, 2.75) is 19.4 Å². The molecule has 1 heterocycles. The van der Waals surface area contributed by atoms with Gasteiger partial charge in [0.25, 0.3) is 0 Å². The maximum Gasteiger partial charge on any atom is 0.220 e. The molecular weight excluding hydrogens is 314 g/mol. The second-order valence-electron chi connectivity index (χ2n) is 4.94. The monoisotopic (exact) mass is 335 g/mol. The smallest absolute Gasteiger partial charge is 0.220 e. The molecule has 0 fully saturated rings. The summed E-state index contributed by atoms with van der Waals surface area (Å²) in [4.78, 5) is 11.9. The molecule has 1 amide bonds. The van der Waals surface area contributed by atoms with E-state index >= 15 is 0 Å². The van der Waals surface area contributed by atoms with Crippen molar-refractivity contribution in [3.05, 3.63) is 40.1 Å². The number of ether oxygens (including phenoxy) is 3. The predicted molar refractivity (Wildman–Crippen MR) is 90.6 cm³/mol. The topological polar surface area (TPSA) is 56.8 Å². The van der Waals surface area contributed by atoms with Gasteiger partial charge in [-0.1, -0.05) is 0 Å². The number of hydrogen-bond donors (Lipinski definition) is 1. The van der Waals surface area contributed by atoms with Crippen LogP contribution in [0.3, 0.4) is 0 Å². The van der Waals surface area contributed by atoms with Crippen molar-refractivity contribution in [2.75, 3.05) is 21.3 Å². The third-order valence-corrected chi connectivity index (χ3v) is 4.17. The molecule has 0 saturated heterocycles. The molecule has 0 atom stereocenters. The van der Waals surface area contributed by atoms with Crippen molar-refractivity contribution in [2.24, 2.45) is 0 Å². The SMILES string of the molecule is COc1cc(CNC(=O)CCc2ccsc2)cc(OC)c1OC. The fourth-order valence-electron chi connectivity index (χ4n) is 2.22. The van der Waals surface area contributed by atoms with Crippen molar-refractivity contribution in [3.8, 4) is 17.2 Å². The first kappa shape index (κ1) is 17.1. The highest BCUT2D eigenvalue weighted by atomic mass is 32.1. The Bertz CT molecular complexity index is 615. The molecule has 0 aliphatic carbocycles. The highest BCUT2D eigenvalue weighted by Gasteiger charge is 2.13. The van der Waals surface area contributed by atoms with Crippen LogP contribution in [0.15, 0.2) is 29.0 Å². The average Bonchev–Trinajstić information content (AvgIpc) is 3.10. The standard InChI is InChI=1S/C17H21NO4S/c1-20-14-8-13(9-15(21-2)17(14)22-3)10-18-16(19)5-4-12-6-7-23-11-12/h6-9,11H,4-5,10H2,1-3H3,(H,18,19). The Morgan fingerprint density at radius 3 is 2.30 bits per heavy atom. The van der Waals surface area contributed by atoms with E-state index < -0.39 is 0 Å². The molecule has 1 aromatic heterocycles. The van der Waals surface area contributed by atoms with Gasteiger partial charge in [-0.3, -0.25) is 4.79 Å². The summed E-state index contributed by atoms with van der Waals surface area (Å²) in [6, 6.07) is 5.71. The Kier molecular flexibility index (Phi) is 6.29. The number of carbonyl (C=O) groups is 1. The summed E-state index contributed by atoms with van der Waals surface area (Å²) in [5.41, 5.74) is 2.08. The Labute approximate surface area is 140 Å². The summed E-state index contributed by atoms with van der Waals surface area (Å²) in [5.74, 6) is 1.72. The molecule has 0 aliphatic rings. The van der Waals surface area contributed by atoms with E-state index in [9.17, 15) is 4.79 Å². The first-order valence-corrected chi connectivity index (χ1v) is 8.19. The molecule has 6 heteroatoms. The molecular formula is C17H21NO4S. The number of benzene rings is 1. The van der Waals surface area contributed by atoms with Crippen LogP contribution in [-0.4, -0.2) is 27.2 Å². The Morgan fingerprint density at radius 2 is 1.78 bits per heavy atom. The Morgan fingerprint density at radius 1 is 1.09 bits per heavy atom. The van der Waals surface area contributed by atoms with E-state index in [1.54, 1.807) is 32.7 Å². The van der Waals surface area contributed by atoms with Crippen molar-refractivity contribution < 1.29 is 19.0 Å². The maximum atomic E-state index is 11.9. The van der Waals surface area contributed by atoms with E-state index in [-0.39, 0.29) is 5.91 Å². The van der Waals surface area contributed by atoms with Gasteiger partial charge in [-0.2, -0.15) is 11.3 Å². The molecule has 1 aromatic carbocycles. The molecule has 0 aliphatic heterocycles. The summed E-state index contributed by atoms with van der Waals surface area (Å²) < 4.78 is 15.9. The Balaban J connectivity index is 1.95. The minimum absolute atomic E-state index is 0.0185. The average molecular weight is 335 g/mol. The second kappa shape index (κ2) is 8.43. The Hall–Kier alpha value is -2.21. The normalized spacial score (nSPS) is 10.2. The molecule has 2 aromatic rings. The van der Waals surface area contributed by atoms with Crippen LogP contribution in [0, 0.1) is 0 Å². The van der Waals surface area contributed by atoms with Crippen molar-refractivity contribution in [1.29, 1.82) is 0 Å². The molecule has 0 radical (unpaired) electrons. The number of rotatable bonds is 8. The van der Waals surface area contributed by atoms with E-state index in [2.05, 4.69) is 10.7 Å². The summed E-state index contributed by atoms with van der Waals surface area (Å²) in [6.45, 7) is 0.416. The van der Waals surface area contributed by atoms with Crippen molar-refractivity contribution in [3.63, 3.8) is 0 Å². The first-order chi connectivity index (χ1) is 11.2. The predicted octanol–water partition coefficient (Wildman–Crippen LogP) is 3.02. The number of methoxy groups -OCH3 is 3. The summed E-state index contributed by atoms with van der Waals surface area (Å²) in [6.07, 6.45) is 1.23. The highest BCUT2D eigenvalue weighted by molar-refractivity contribution is 7.07. The van der Waals surface area contributed by atoms with Crippen LogP contribution in [0.1, 0.15) is 17.5 Å². The van der Waals surface area contributed by atoms with Gasteiger partial charge < -0.3 is 19.5 Å². The molecule has 23 heavy (non-hydrogen) atoms. The van der Waals surface area contributed by atoms with Crippen LogP contribution < -0.4 is 19.5 Å². The first-order valence-electron chi connectivity index (χ1n) is 7.24. The van der Waals surface area contributed by atoms with Gasteiger partial charge in [-0.25, -0.2) is 0 Å². The lowest BCUT2D eigenvalue weighted by Crippen LogP contribution is -2.23. The van der Waals surface area contributed by atoms with Crippen LogP contribution in [0.25, 0.3) is 0 Å². The van der Waals surface area contributed by atoms with Crippen LogP contribution in [0.2, 0.25) is 0 Å². The molecule has 0 unspecified atom stereocenters. The minimum atomic E-state index is 0.0185. The van der Waals surface area contributed by atoms with Gasteiger partial charge in [0, 0.05) is 13.0 Å². The zero-order valence-electron chi connectivity index (χ0n) is 13.5. The zero-order chi connectivity index (χ0) is 16.7. The third-order valence-electron chi connectivity index (χ3n) is 3.44. The van der Waals surface area contributed by atoms with E-state index in [1.807, 2.05) is 23.6 Å². The van der Waals surface area contributed by atoms with Gasteiger partial charge in [0.2, 0.25) is 11.7 Å². The summed E-state index contributed by atoms with van der Waals surface area (Å²) >= 11 is 1.64. The lowest BCUT2D eigenvalue weighted by molar-refractivity contribution is -0.121. The quantitative estimate of drug-likeness (QED) is 0.806. The number of carbonyl (C=O) groups excluding carboxylic acids is 1. The highest BCUT2D eigenvalue weighted by Crippen LogP contribution is 2.38. The van der Waals surface area contributed by atoms with Crippen LogP contribution in [-0.2, 0) is 17.8 Å². The lowest BCUT2D eigenvalue weighted by Gasteiger charge is -2.14. The summed E-state index contributed by atoms with van der Waals surface area (Å²) in [7, 11) is 4.70. The molecule has 0 saturated carbocycles. The number of nitrogens with one attached hydrogen (secondary N) is 1. The van der Waals surface area contributed by atoms with Crippen molar-refractivity contribution >= 4 is 17.2 Å². The van der Waals surface area contributed by atoms with Gasteiger partial charge >= 0.3 is 0 Å². The minimum Gasteiger partial charge on any atom is -0.493 e. The lowest BCUT2D eigenvalue weighted by atomic mass is 10.1. The number of thiophene rings is 1. The molecule has 2 rings (SSSR count). The van der Waals surface area contributed by atoms with Gasteiger partial charge in [-0.15, -0.1) is 0 Å². The number of aryl methyl sites for hydroxylation is 1. The fourth-order valence-corrected chi connectivity index (χ4v) is 2.92. The molecule has 5 nitrogen and oxygen atoms in total. The summed E-state index contributed by atoms with van der Waals surface area (Å²) in [5, 5.41) is 6.99. The molecule has 1 N–H and O–H groups in total. The van der Waals surface area contributed by atoms with Crippen LogP contribution in [0.5, 0.6) is 17.2 Å². The van der Waals surface area contributed by atoms with Gasteiger partial charge in [-0.05, 0) is 46.5 Å². The van der Waals surface area contributed by atoms with Crippen molar-refractivity contribution in [1.82, 2.24) is 5.32 Å². The zero-order valence-corrected chi connectivity index (χ0v) is 14.4. The van der Waals surface area contributed by atoms with E-state index in [0.29, 0.717) is 30.2 Å². The maximum absolute atomic E-state index is 11.9. The second-order valence-corrected chi connectivity index (χ2v) is 5.72. The largest absolute Gasteiger partial charge is 0.493 e. The van der Waals surface area contributed by atoms with Crippen LogP contribution in [0.4, 0.5) is 0 Å². The van der Waals surface area contributed by atoms with E-state index in [1.165, 1.54) is 5.56 Å². The van der Waals surface area contributed by atoms with Gasteiger partial charge in [0.15, 0.2) is 11.5 Å². The number of hydrogen-bond acceptors (Lipinski definition) is 5. The molecule has 124 valence electrons. The number of amides is 1. The fraction of sp³-hybridized carbons (Fsp3) is 0.353. The molecule has 0 spiro atoms. The van der Waals surface area contributed by atoms with E-state index in [4.69, 9.17) is 14.2 Å². The van der Waals surface area contributed by atoms with Gasteiger partial charge in [0.1, 0.15) is 0 Å². The van der Waals surface area contributed by atoms with Crippen LogP contribution >= 0.6 is 11.3 Å². The molecule has 0 bridgehead atoms. The van der Waals surface area contributed by atoms with Gasteiger partial charge in [0.05, 0.1) is 21.3 Å².